The number of ether oxygens (including phenoxy) is 2. The molecule has 0 spiro atoms. The molecule has 31 heavy (non-hydrogen) atoms. The van der Waals surface area contributed by atoms with Crippen molar-refractivity contribution in [3.63, 3.8) is 0 Å². The summed E-state index contributed by atoms with van der Waals surface area (Å²) in [6.07, 6.45) is 10.9. The third-order valence-electron chi connectivity index (χ3n) is 6.08. The van der Waals surface area contributed by atoms with E-state index in [1.165, 1.54) is 0 Å². The highest BCUT2D eigenvalue weighted by Crippen LogP contribution is 2.32. The topological polar surface area (TPSA) is 103 Å². The monoisotopic (exact) mass is 423 g/mol. The highest BCUT2D eigenvalue weighted by atomic mass is 16.5. The minimum atomic E-state index is -1.05. The number of nitrogens with zero attached hydrogens (tertiary/aromatic N) is 5. The van der Waals surface area contributed by atoms with E-state index in [4.69, 9.17) is 9.47 Å². The van der Waals surface area contributed by atoms with Crippen LogP contribution in [0.2, 0.25) is 0 Å². The summed E-state index contributed by atoms with van der Waals surface area (Å²) >= 11 is 0. The van der Waals surface area contributed by atoms with Crippen LogP contribution in [0.4, 0.5) is 5.82 Å². The van der Waals surface area contributed by atoms with Gasteiger partial charge in [-0.3, -0.25) is 0 Å². The molecule has 9 heteroatoms. The van der Waals surface area contributed by atoms with Gasteiger partial charge in [0.2, 0.25) is 5.88 Å². The largest absolute Gasteiger partial charge is 0.477 e. The highest BCUT2D eigenvalue weighted by molar-refractivity contribution is 5.95. The fraction of sp³-hybridized carbons (Fsp3) is 0.455. The van der Waals surface area contributed by atoms with Gasteiger partial charge in [0.25, 0.3) is 0 Å². The minimum Gasteiger partial charge on any atom is -0.477 e. The first-order chi connectivity index (χ1) is 15.2. The molecule has 0 bridgehead atoms. The second-order valence-corrected chi connectivity index (χ2v) is 8.04. The fourth-order valence-corrected chi connectivity index (χ4v) is 4.35. The summed E-state index contributed by atoms with van der Waals surface area (Å²) in [5, 5.41) is 10.4. The summed E-state index contributed by atoms with van der Waals surface area (Å²) in [4.78, 5) is 27.2. The van der Waals surface area contributed by atoms with E-state index in [9.17, 15) is 9.90 Å². The van der Waals surface area contributed by atoms with Gasteiger partial charge in [-0.05, 0) is 31.7 Å². The molecule has 0 unspecified atom stereocenters. The number of imidazole rings is 1. The molecule has 0 atom stereocenters. The standard InChI is InChI=1S/C22H25N5O4/c28-22(29)18-11-15-13-24-20(26-7-9-30-10-8-26)12-19(15)25-21(18)31-17-3-1-16(2-4-17)27-6-5-23-14-27/h5-6,11-14,16-17H,1-4,7-10H2,(H,28,29). The zero-order valence-electron chi connectivity index (χ0n) is 17.2. The van der Waals surface area contributed by atoms with Gasteiger partial charge in [0.15, 0.2) is 0 Å². The molecular formula is C22H25N5O4. The summed E-state index contributed by atoms with van der Waals surface area (Å²) in [5.74, 6) is -0.0443. The molecule has 1 saturated heterocycles. The maximum atomic E-state index is 11.9. The average molecular weight is 423 g/mol. The minimum absolute atomic E-state index is 0.0524. The molecule has 1 aliphatic carbocycles. The Bertz CT molecular complexity index is 1060. The molecule has 3 aromatic heterocycles. The Kier molecular flexibility index (Phi) is 5.42. The Morgan fingerprint density at radius 3 is 2.68 bits per heavy atom. The van der Waals surface area contributed by atoms with Crippen LogP contribution < -0.4 is 9.64 Å². The Morgan fingerprint density at radius 1 is 1.16 bits per heavy atom. The summed E-state index contributed by atoms with van der Waals surface area (Å²) in [6, 6.07) is 3.91. The van der Waals surface area contributed by atoms with Crippen molar-refractivity contribution < 1.29 is 19.4 Å². The van der Waals surface area contributed by atoms with E-state index >= 15 is 0 Å². The van der Waals surface area contributed by atoms with Crippen LogP contribution in [0.5, 0.6) is 5.88 Å². The van der Waals surface area contributed by atoms with Gasteiger partial charge in [0, 0.05) is 49.2 Å². The predicted octanol–water partition coefficient (Wildman–Crippen LogP) is 2.92. The quantitative estimate of drug-likeness (QED) is 0.668. The molecule has 0 radical (unpaired) electrons. The number of hydrogen-bond donors (Lipinski definition) is 1. The molecule has 2 fully saturated rings. The Balaban J connectivity index is 1.37. The summed E-state index contributed by atoms with van der Waals surface area (Å²) < 4.78 is 13.7. The van der Waals surface area contributed by atoms with Gasteiger partial charge in [-0.25, -0.2) is 19.7 Å². The SMILES string of the molecule is O=C(O)c1cc2cnc(N3CCOCC3)cc2nc1OC1CCC(n2ccnc2)CC1. The van der Waals surface area contributed by atoms with Crippen LogP contribution in [-0.2, 0) is 4.74 Å². The number of fused-ring (bicyclic) bond motifs is 1. The number of rotatable bonds is 5. The van der Waals surface area contributed by atoms with Crippen LogP contribution in [-0.4, -0.2) is 63.0 Å². The van der Waals surface area contributed by atoms with Crippen LogP contribution in [0, 0.1) is 0 Å². The number of pyridine rings is 2. The van der Waals surface area contributed by atoms with E-state index < -0.39 is 5.97 Å². The first-order valence-electron chi connectivity index (χ1n) is 10.7. The molecule has 0 amide bonds. The molecule has 4 heterocycles. The lowest BCUT2D eigenvalue weighted by Crippen LogP contribution is -2.36. The van der Waals surface area contributed by atoms with E-state index in [0.29, 0.717) is 30.2 Å². The van der Waals surface area contributed by atoms with Crippen molar-refractivity contribution in [3.8, 4) is 5.88 Å². The van der Waals surface area contributed by atoms with Gasteiger partial charge in [-0.15, -0.1) is 0 Å². The van der Waals surface area contributed by atoms with Gasteiger partial charge in [0.1, 0.15) is 17.5 Å². The van der Waals surface area contributed by atoms with E-state index in [-0.39, 0.29) is 17.5 Å². The van der Waals surface area contributed by atoms with Crippen LogP contribution in [0.3, 0.4) is 0 Å². The lowest BCUT2D eigenvalue weighted by molar-refractivity contribution is 0.0681. The van der Waals surface area contributed by atoms with Crippen molar-refractivity contribution in [1.29, 1.82) is 0 Å². The molecule has 1 aliphatic heterocycles. The van der Waals surface area contributed by atoms with E-state index in [1.807, 2.05) is 18.6 Å². The summed E-state index contributed by atoms with van der Waals surface area (Å²) in [7, 11) is 0. The van der Waals surface area contributed by atoms with Crippen molar-refractivity contribution >= 4 is 22.7 Å². The molecule has 1 N–H and O–H groups in total. The van der Waals surface area contributed by atoms with Crippen molar-refractivity contribution in [2.24, 2.45) is 0 Å². The van der Waals surface area contributed by atoms with Crippen molar-refractivity contribution in [1.82, 2.24) is 19.5 Å². The zero-order chi connectivity index (χ0) is 21.2. The second kappa shape index (κ2) is 8.50. The van der Waals surface area contributed by atoms with Gasteiger partial charge >= 0.3 is 5.97 Å². The fourth-order valence-electron chi connectivity index (χ4n) is 4.35. The molecule has 5 rings (SSSR count). The smallest absolute Gasteiger partial charge is 0.341 e. The lowest BCUT2D eigenvalue weighted by atomic mass is 9.93. The van der Waals surface area contributed by atoms with Crippen LogP contribution in [0.1, 0.15) is 42.1 Å². The third kappa shape index (κ3) is 4.18. The first-order valence-corrected chi connectivity index (χ1v) is 10.7. The normalized spacial score (nSPS) is 21.9. The predicted molar refractivity (Wildman–Crippen MR) is 114 cm³/mol. The van der Waals surface area contributed by atoms with Crippen molar-refractivity contribution in [3.05, 3.63) is 42.6 Å². The molecule has 162 valence electrons. The maximum Gasteiger partial charge on any atom is 0.341 e. The van der Waals surface area contributed by atoms with Crippen LogP contribution in [0.25, 0.3) is 10.9 Å². The van der Waals surface area contributed by atoms with Gasteiger partial charge in [-0.1, -0.05) is 0 Å². The van der Waals surface area contributed by atoms with Crippen LogP contribution >= 0.6 is 0 Å². The number of aromatic nitrogens is 4. The molecule has 3 aromatic rings. The summed E-state index contributed by atoms with van der Waals surface area (Å²) in [5.41, 5.74) is 0.758. The third-order valence-corrected chi connectivity index (χ3v) is 6.08. The Labute approximate surface area is 179 Å². The first kappa shape index (κ1) is 19.7. The van der Waals surface area contributed by atoms with Gasteiger partial charge in [0.05, 0.1) is 25.1 Å². The lowest BCUT2D eigenvalue weighted by Gasteiger charge is -2.29. The van der Waals surface area contributed by atoms with E-state index in [0.717, 1.165) is 44.6 Å². The Hall–Kier alpha value is -3.20. The van der Waals surface area contributed by atoms with Crippen LogP contribution in [0.15, 0.2) is 37.1 Å². The average Bonchev–Trinajstić information content (AvgIpc) is 3.34. The van der Waals surface area contributed by atoms with Crippen molar-refractivity contribution in [2.45, 2.75) is 37.8 Å². The van der Waals surface area contributed by atoms with Gasteiger partial charge < -0.3 is 24.0 Å². The number of carbonyl (C=O) groups is 1. The number of carboxylic acid groups (broad SMARTS) is 1. The number of carboxylic acids is 1. The Morgan fingerprint density at radius 2 is 1.97 bits per heavy atom. The second-order valence-electron chi connectivity index (χ2n) is 8.04. The zero-order valence-corrected chi connectivity index (χ0v) is 17.2. The number of morpholine rings is 1. The van der Waals surface area contributed by atoms with E-state index in [1.54, 1.807) is 18.5 Å². The molecule has 1 saturated carbocycles. The number of aromatic carboxylic acids is 1. The summed E-state index contributed by atoms with van der Waals surface area (Å²) in [6.45, 7) is 2.88. The molecule has 9 nitrogen and oxygen atoms in total. The maximum absolute atomic E-state index is 11.9. The number of hydrogen-bond acceptors (Lipinski definition) is 7. The van der Waals surface area contributed by atoms with Gasteiger partial charge in [-0.2, -0.15) is 0 Å². The highest BCUT2D eigenvalue weighted by Gasteiger charge is 2.26. The number of anilines is 1. The molecular weight excluding hydrogens is 398 g/mol. The van der Waals surface area contributed by atoms with Crippen molar-refractivity contribution in [2.75, 3.05) is 31.2 Å². The molecule has 0 aromatic carbocycles. The van der Waals surface area contributed by atoms with E-state index in [2.05, 4.69) is 24.4 Å². The molecule has 2 aliphatic rings.